The fourth-order valence-electron chi connectivity index (χ4n) is 0.876. The Hall–Kier alpha value is -1.84. The average molecular weight is 194 g/mol. The van der Waals surface area contributed by atoms with E-state index in [0.29, 0.717) is 5.82 Å². The van der Waals surface area contributed by atoms with E-state index in [2.05, 4.69) is 18.1 Å². The first-order valence-corrected chi connectivity index (χ1v) is 4.26. The monoisotopic (exact) mass is 194 g/mol. The fraction of sp³-hybridized carbons (Fsp3) is 0.200. The first kappa shape index (κ1) is 12.2. The Balaban J connectivity index is 0.000000791. The molecule has 0 aromatic carbocycles. The average Bonchev–Trinajstić information content (AvgIpc) is 2.63. The van der Waals surface area contributed by atoms with Crippen LogP contribution in [0.15, 0.2) is 19.4 Å². The van der Waals surface area contributed by atoms with Crippen LogP contribution in [0, 0.1) is 0 Å². The molecule has 0 bridgehead atoms. The zero-order chi connectivity index (χ0) is 11.1. The van der Waals surface area contributed by atoms with E-state index in [1.54, 1.807) is 0 Å². The molecule has 0 spiro atoms. The molecule has 76 valence electrons. The van der Waals surface area contributed by atoms with E-state index in [1.807, 2.05) is 13.8 Å². The molecular weight excluding hydrogens is 180 g/mol. The predicted molar refractivity (Wildman–Crippen MR) is 57.0 cm³/mol. The van der Waals surface area contributed by atoms with Gasteiger partial charge in [-0.15, -0.1) is 0 Å². The summed E-state index contributed by atoms with van der Waals surface area (Å²) in [6.07, 6.45) is 4.11. The Morgan fingerprint density at radius 2 is 2.14 bits per heavy atom. The second kappa shape index (κ2) is 5.75. The van der Waals surface area contributed by atoms with Gasteiger partial charge in [-0.2, -0.15) is 0 Å². The molecule has 0 aliphatic carbocycles. The molecule has 1 rings (SSSR count). The van der Waals surface area contributed by atoms with Crippen LogP contribution < -0.4 is 0 Å². The minimum absolute atomic E-state index is 0.0832. The van der Waals surface area contributed by atoms with E-state index < -0.39 is 5.97 Å². The van der Waals surface area contributed by atoms with Gasteiger partial charge in [0.1, 0.15) is 5.82 Å². The highest BCUT2D eigenvalue weighted by Crippen LogP contribution is 2.06. The molecule has 0 radical (unpaired) electrons. The predicted octanol–water partition coefficient (Wildman–Crippen LogP) is 2.35. The van der Waals surface area contributed by atoms with Crippen LogP contribution in [-0.4, -0.2) is 20.6 Å². The maximum absolute atomic E-state index is 10.6. The molecule has 0 saturated heterocycles. The molecule has 0 atom stereocenters. The van der Waals surface area contributed by atoms with Gasteiger partial charge in [0.25, 0.3) is 0 Å². The lowest BCUT2D eigenvalue weighted by atomic mass is 10.5. The van der Waals surface area contributed by atoms with Gasteiger partial charge in [-0.05, 0) is 6.08 Å². The third-order valence-electron chi connectivity index (χ3n) is 1.41. The summed E-state index contributed by atoms with van der Waals surface area (Å²) in [7, 11) is 0. The van der Waals surface area contributed by atoms with Crippen LogP contribution in [0.25, 0.3) is 12.3 Å². The van der Waals surface area contributed by atoms with E-state index in [1.165, 1.54) is 23.0 Å². The molecule has 0 amide bonds. The number of carbonyl (C=O) groups is 1. The molecule has 0 saturated carbocycles. The molecule has 0 fully saturated rings. The van der Waals surface area contributed by atoms with Crippen LogP contribution in [0.3, 0.4) is 0 Å². The maximum atomic E-state index is 10.6. The van der Waals surface area contributed by atoms with Crippen molar-refractivity contribution in [1.29, 1.82) is 0 Å². The van der Waals surface area contributed by atoms with Crippen LogP contribution >= 0.6 is 0 Å². The molecule has 1 aromatic heterocycles. The lowest BCUT2D eigenvalue weighted by Gasteiger charge is -1.98. The van der Waals surface area contributed by atoms with Gasteiger partial charge in [0.15, 0.2) is 5.69 Å². The largest absolute Gasteiger partial charge is 0.477 e. The lowest BCUT2D eigenvalue weighted by Crippen LogP contribution is -2.03. The second-order valence-electron chi connectivity index (χ2n) is 2.06. The third-order valence-corrected chi connectivity index (χ3v) is 1.41. The van der Waals surface area contributed by atoms with E-state index in [4.69, 9.17) is 5.11 Å². The van der Waals surface area contributed by atoms with Gasteiger partial charge in [-0.3, -0.25) is 4.57 Å². The van der Waals surface area contributed by atoms with Crippen molar-refractivity contribution in [2.24, 2.45) is 0 Å². The molecule has 1 heterocycles. The summed E-state index contributed by atoms with van der Waals surface area (Å²) >= 11 is 0. The standard InChI is InChI=1S/C8H8N2O2.C2H6/c1-3-7-9-5-6(8(11)12)10(7)4-2;1-2/h3-5H,1-2H2,(H,11,12);1-2H3. The smallest absolute Gasteiger partial charge is 0.354 e. The van der Waals surface area contributed by atoms with Gasteiger partial charge in [0.05, 0.1) is 6.20 Å². The third kappa shape index (κ3) is 2.32. The van der Waals surface area contributed by atoms with Crippen LogP contribution in [0.4, 0.5) is 0 Å². The van der Waals surface area contributed by atoms with Crippen molar-refractivity contribution >= 4 is 18.2 Å². The second-order valence-corrected chi connectivity index (χ2v) is 2.06. The number of aromatic carboxylic acids is 1. The number of aromatic nitrogens is 2. The molecule has 0 unspecified atom stereocenters. The first-order chi connectivity index (χ1) is 6.70. The van der Waals surface area contributed by atoms with Crippen molar-refractivity contribution in [3.8, 4) is 0 Å². The van der Waals surface area contributed by atoms with Crippen molar-refractivity contribution in [1.82, 2.24) is 9.55 Å². The fourth-order valence-corrected chi connectivity index (χ4v) is 0.876. The number of hydrogen-bond acceptors (Lipinski definition) is 2. The van der Waals surface area contributed by atoms with Crippen LogP contribution in [0.2, 0.25) is 0 Å². The van der Waals surface area contributed by atoms with Crippen LogP contribution in [0.1, 0.15) is 30.2 Å². The molecule has 1 aromatic rings. The van der Waals surface area contributed by atoms with Gasteiger partial charge < -0.3 is 5.11 Å². The Morgan fingerprint density at radius 1 is 1.57 bits per heavy atom. The SMILES string of the molecule is C=Cc1ncc(C(=O)O)n1C=C.CC. The minimum atomic E-state index is -1.03. The van der Waals surface area contributed by atoms with Gasteiger partial charge >= 0.3 is 5.97 Å². The summed E-state index contributed by atoms with van der Waals surface area (Å²) in [5.74, 6) is -0.557. The van der Waals surface area contributed by atoms with E-state index in [0.717, 1.165) is 0 Å². The summed E-state index contributed by atoms with van der Waals surface area (Å²) in [5.41, 5.74) is 0.0832. The number of imidazole rings is 1. The Morgan fingerprint density at radius 3 is 2.50 bits per heavy atom. The van der Waals surface area contributed by atoms with Crippen molar-refractivity contribution in [3.05, 3.63) is 30.9 Å². The maximum Gasteiger partial charge on any atom is 0.354 e. The first-order valence-electron chi connectivity index (χ1n) is 4.26. The van der Waals surface area contributed by atoms with Crippen molar-refractivity contribution in [3.63, 3.8) is 0 Å². The molecular formula is C10H14N2O2. The van der Waals surface area contributed by atoms with Gasteiger partial charge in [0.2, 0.25) is 0 Å². The highest BCUT2D eigenvalue weighted by atomic mass is 16.4. The summed E-state index contributed by atoms with van der Waals surface area (Å²) < 4.78 is 1.36. The number of carboxylic acid groups (broad SMARTS) is 1. The highest BCUT2D eigenvalue weighted by molar-refractivity contribution is 5.86. The molecule has 14 heavy (non-hydrogen) atoms. The van der Waals surface area contributed by atoms with Gasteiger partial charge in [0, 0.05) is 6.20 Å². The summed E-state index contributed by atoms with van der Waals surface area (Å²) in [5, 5.41) is 8.66. The van der Waals surface area contributed by atoms with Crippen molar-refractivity contribution < 1.29 is 9.90 Å². The molecule has 4 nitrogen and oxygen atoms in total. The lowest BCUT2D eigenvalue weighted by molar-refractivity contribution is 0.0688. The quantitative estimate of drug-likeness (QED) is 0.803. The number of hydrogen-bond donors (Lipinski definition) is 1. The topological polar surface area (TPSA) is 55.1 Å². The van der Waals surface area contributed by atoms with E-state index >= 15 is 0 Å². The van der Waals surface area contributed by atoms with Crippen LogP contribution in [-0.2, 0) is 0 Å². The highest BCUT2D eigenvalue weighted by Gasteiger charge is 2.10. The summed E-state index contributed by atoms with van der Waals surface area (Å²) in [6.45, 7) is 11.0. The van der Waals surface area contributed by atoms with Gasteiger partial charge in [-0.25, -0.2) is 9.78 Å². The molecule has 4 heteroatoms. The van der Waals surface area contributed by atoms with Crippen molar-refractivity contribution in [2.75, 3.05) is 0 Å². The minimum Gasteiger partial charge on any atom is -0.477 e. The van der Waals surface area contributed by atoms with Crippen molar-refractivity contribution in [2.45, 2.75) is 13.8 Å². The Labute approximate surface area is 83.2 Å². The summed E-state index contributed by atoms with van der Waals surface area (Å²) in [6, 6.07) is 0. The molecule has 0 aliphatic rings. The van der Waals surface area contributed by atoms with E-state index in [-0.39, 0.29) is 5.69 Å². The Kier molecular flexibility index (Phi) is 4.99. The normalized spacial score (nSPS) is 8.43. The zero-order valence-electron chi connectivity index (χ0n) is 8.40. The number of carboxylic acids is 1. The number of nitrogens with zero attached hydrogens (tertiary/aromatic N) is 2. The van der Waals surface area contributed by atoms with Crippen LogP contribution in [0.5, 0.6) is 0 Å². The zero-order valence-corrected chi connectivity index (χ0v) is 8.40. The molecule has 1 N–H and O–H groups in total. The van der Waals surface area contributed by atoms with Gasteiger partial charge in [-0.1, -0.05) is 27.0 Å². The van der Waals surface area contributed by atoms with E-state index in [9.17, 15) is 4.79 Å². The molecule has 0 aliphatic heterocycles. The summed E-state index contributed by atoms with van der Waals surface area (Å²) in [4.78, 5) is 14.4. The number of rotatable bonds is 3. The Bertz CT molecular complexity index is 340.